The van der Waals surface area contributed by atoms with E-state index in [9.17, 15) is 9.18 Å². The number of methoxy groups -OCH3 is 1. The van der Waals surface area contributed by atoms with E-state index < -0.39 is 17.8 Å². The molecule has 6 nitrogen and oxygen atoms in total. The third kappa shape index (κ3) is 2.78. The minimum atomic E-state index is -0.681. The van der Waals surface area contributed by atoms with Crippen molar-refractivity contribution in [3.8, 4) is 0 Å². The standard InChI is InChI=1S/C9H13FN4O2/c1-5(8(15)16-3)13-7-6(10)4-12-9(11-2)14-7/h4-5H,1-3H3,(H2,11,12,13,14). The summed E-state index contributed by atoms with van der Waals surface area (Å²) in [6, 6.07) is -0.681. The number of nitrogens with one attached hydrogen (secondary N) is 2. The van der Waals surface area contributed by atoms with Crippen LogP contribution in [0.3, 0.4) is 0 Å². The normalized spacial score (nSPS) is 11.8. The third-order valence-corrected chi connectivity index (χ3v) is 1.88. The van der Waals surface area contributed by atoms with Gasteiger partial charge in [0, 0.05) is 7.05 Å². The van der Waals surface area contributed by atoms with Crippen molar-refractivity contribution >= 4 is 17.7 Å². The van der Waals surface area contributed by atoms with Crippen molar-refractivity contribution in [2.75, 3.05) is 24.8 Å². The summed E-state index contributed by atoms with van der Waals surface area (Å²) in [7, 11) is 2.87. The van der Waals surface area contributed by atoms with Crippen LogP contribution in [0.4, 0.5) is 16.2 Å². The predicted molar refractivity (Wildman–Crippen MR) is 56.6 cm³/mol. The first-order valence-electron chi connectivity index (χ1n) is 4.63. The van der Waals surface area contributed by atoms with Gasteiger partial charge in [-0.2, -0.15) is 4.98 Å². The van der Waals surface area contributed by atoms with Crippen LogP contribution in [0.15, 0.2) is 6.20 Å². The molecule has 0 fully saturated rings. The molecular weight excluding hydrogens is 215 g/mol. The molecule has 1 unspecified atom stereocenters. The zero-order valence-electron chi connectivity index (χ0n) is 9.24. The molecule has 7 heteroatoms. The molecule has 0 spiro atoms. The van der Waals surface area contributed by atoms with Crippen LogP contribution in [-0.4, -0.2) is 36.1 Å². The van der Waals surface area contributed by atoms with Crippen LogP contribution in [-0.2, 0) is 9.53 Å². The van der Waals surface area contributed by atoms with Crippen molar-refractivity contribution < 1.29 is 13.9 Å². The molecule has 2 N–H and O–H groups in total. The smallest absolute Gasteiger partial charge is 0.328 e. The van der Waals surface area contributed by atoms with Crippen LogP contribution in [0.2, 0.25) is 0 Å². The second-order valence-electron chi connectivity index (χ2n) is 3.03. The van der Waals surface area contributed by atoms with Crippen LogP contribution < -0.4 is 10.6 Å². The van der Waals surface area contributed by atoms with Crippen molar-refractivity contribution in [3.05, 3.63) is 12.0 Å². The number of carbonyl (C=O) groups excluding carboxylic acids is 1. The number of esters is 1. The highest BCUT2D eigenvalue weighted by molar-refractivity contribution is 5.78. The lowest BCUT2D eigenvalue weighted by molar-refractivity contribution is -0.141. The Morgan fingerprint density at radius 2 is 2.31 bits per heavy atom. The number of carbonyl (C=O) groups is 1. The van der Waals surface area contributed by atoms with Gasteiger partial charge in [-0.3, -0.25) is 0 Å². The Kier molecular flexibility index (Phi) is 3.98. The fourth-order valence-corrected chi connectivity index (χ4v) is 1.03. The monoisotopic (exact) mass is 228 g/mol. The molecule has 0 saturated heterocycles. The van der Waals surface area contributed by atoms with Crippen LogP contribution in [0, 0.1) is 5.82 Å². The lowest BCUT2D eigenvalue weighted by Crippen LogP contribution is -2.28. The fraction of sp³-hybridized carbons (Fsp3) is 0.444. The Morgan fingerprint density at radius 1 is 1.62 bits per heavy atom. The van der Waals surface area contributed by atoms with Gasteiger partial charge >= 0.3 is 5.97 Å². The number of nitrogens with zero attached hydrogens (tertiary/aromatic N) is 2. The molecule has 0 amide bonds. The van der Waals surface area contributed by atoms with E-state index in [0.29, 0.717) is 0 Å². The molecule has 1 heterocycles. The Labute approximate surface area is 92.2 Å². The molecule has 0 saturated carbocycles. The lowest BCUT2D eigenvalue weighted by atomic mass is 10.3. The molecule has 0 radical (unpaired) electrons. The van der Waals surface area contributed by atoms with Gasteiger partial charge in [0.1, 0.15) is 6.04 Å². The van der Waals surface area contributed by atoms with Crippen LogP contribution in [0.5, 0.6) is 0 Å². The van der Waals surface area contributed by atoms with E-state index in [0.717, 1.165) is 6.20 Å². The molecule has 0 aliphatic carbocycles. The molecule has 0 aliphatic rings. The average molecular weight is 228 g/mol. The molecule has 0 aliphatic heterocycles. The van der Waals surface area contributed by atoms with Gasteiger partial charge in [-0.05, 0) is 6.92 Å². The fourth-order valence-electron chi connectivity index (χ4n) is 1.03. The van der Waals surface area contributed by atoms with Crippen LogP contribution in [0.1, 0.15) is 6.92 Å². The second kappa shape index (κ2) is 5.24. The molecule has 1 atom stereocenters. The summed E-state index contributed by atoms with van der Waals surface area (Å²) < 4.78 is 17.8. The molecule has 1 aromatic rings. The molecule has 1 aromatic heterocycles. The number of ether oxygens (including phenoxy) is 1. The molecule has 0 bridgehead atoms. The van der Waals surface area contributed by atoms with Crippen molar-refractivity contribution in [1.82, 2.24) is 9.97 Å². The number of rotatable bonds is 4. The minimum absolute atomic E-state index is 0.0442. The summed E-state index contributed by atoms with van der Waals surface area (Å²) in [6.07, 6.45) is 1.02. The van der Waals surface area contributed by atoms with E-state index >= 15 is 0 Å². The first kappa shape index (κ1) is 12.2. The summed E-state index contributed by atoms with van der Waals surface area (Å²) in [4.78, 5) is 18.6. The van der Waals surface area contributed by atoms with E-state index in [-0.39, 0.29) is 11.8 Å². The largest absolute Gasteiger partial charge is 0.467 e. The molecule has 16 heavy (non-hydrogen) atoms. The molecule has 0 aromatic carbocycles. The highest BCUT2D eigenvalue weighted by atomic mass is 19.1. The predicted octanol–water partition coefficient (Wildman–Crippen LogP) is 0.631. The Bertz CT molecular complexity index is 386. The number of aromatic nitrogens is 2. The Balaban J connectivity index is 2.83. The molecular formula is C9H13FN4O2. The van der Waals surface area contributed by atoms with E-state index in [1.54, 1.807) is 14.0 Å². The lowest BCUT2D eigenvalue weighted by Gasteiger charge is -2.12. The Hall–Kier alpha value is -1.92. The van der Waals surface area contributed by atoms with Gasteiger partial charge in [0.2, 0.25) is 5.95 Å². The Morgan fingerprint density at radius 3 is 2.88 bits per heavy atom. The van der Waals surface area contributed by atoms with Gasteiger partial charge in [0.15, 0.2) is 11.6 Å². The van der Waals surface area contributed by atoms with E-state index in [4.69, 9.17) is 0 Å². The molecule has 88 valence electrons. The van der Waals surface area contributed by atoms with E-state index in [1.807, 2.05) is 0 Å². The quantitative estimate of drug-likeness (QED) is 0.736. The maximum absolute atomic E-state index is 13.3. The number of hydrogen-bond donors (Lipinski definition) is 2. The number of anilines is 2. The summed E-state index contributed by atoms with van der Waals surface area (Å²) >= 11 is 0. The van der Waals surface area contributed by atoms with Gasteiger partial charge in [0.25, 0.3) is 0 Å². The van der Waals surface area contributed by atoms with Crippen molar-refractivity contribution in [2.45, 2.75) is 13.0 Å². The SMILES string of the molecule is CNc1ncc(F)c(NC(C)C(=O)OC)n1. The zero-order valence-corrected chi connectivity index (χ0v) is 9.24. The second-order valence-corrected chi connectivity index (χ2v) is 3.03. The number of hydrogen-bond acceptors (Lipinski definition) is 6. The highest BCUT2D eigenvalue weighted by Gasteiger charge is 2.16. The third-order valence-electron chi connectivity index (χ3n) is 1.88. The van der Waals surface area contributed by atoms with Gasteiger partial charge in [-0.15, -0.1) is 0 Å². The zero-order chi connectivity index (χ0) is 12.1. The maximum Gasteiger partial charge on any atom is 0.328 e. The van der Waals surface area contributed by atoms with Crippen molar-refractivity contribution in [1.29, 1.82) is 0 Å². The first-order chi connectivity index (χ1) is 7.58. The first-order valence-corrected chi connectivity index (χ1v) is 4.63. The summed E-state index contributed by atoms with van der Waals surface area (Å²) in [5.74, 6) is -0.906. The van der Waals surface area contributed by atoms with Crippen LogP contribution in [0.25, 0.3) is 0 Å². The average Bonchev–Trinajstić information content (AvgIpc) is 2.30. The van der Waals surface area contributed by atoms with Gasteiger partial charge in [0.05, 0.1) is 13.3 Å². The van der Waals surface area contributed by atoms with Crippen LogP contribution >= 0.6 is 0 Å². The summed E-state index contributed by atoms with van der Waals surface area (Å²) in [6.45, 7) is 1.55. The van der Waals surface area contributed by atoms with E-state index in [1.165, 1.54) is 7.11 Å². The van der Waals surface area contributed by atoms with E-state index in [2.05, 4.69) is 25.3 Å². The number of halogens is 1. The van der Waals surface area contributed by atoms with Gasteiger partial charge in [-0.25, -0.2) is 14.2 Å². The summed E-state index contributed by atoms with van der Waals surface area (Å²) in [5.41, 5.74) is 0. The van der Waals surface area contributed by atoms with Crippen molar-refractivity contribution in [2.24, 2.45) is 0 Å². The highest BCUT2D eigenvalue weighted by Crippen LogP contribution is 2.12. The van der Waals surface area contributed by atoms with Gasteiger partial charge < -0.3 is 15.4 Å². The van der Waals surface area contributed by atoms with Gasteiger partial charge in [-0.1, -0.05) is 0 Å². The maximum atomic E-state index is 13.3. The summed E-state index contributed by atoms with van der Waals surface area (Å²) in [5, 5.41) is 5.26. The minimum Gasteiger partial charge on any atom is -0.467 e. The molecule has 1 rings (SSSR count). The van der Waals surface area contributed by atoms with Crippen molar-refractivity contribution in [3.63, 3.8) is 0 Å². The topological polar surface area (TPSA) is 76.1 Å².